The molecule has 1 amide bonds. The van der Waals surface area contributed by atoms with Gasteiger partial charge in [-0.1, -0.05) is 13.8 Å². The third-order valence-corrected chi connectivity index (χ3v) is 3.38. The smallest absolute Gasteiger partial charge is 0.239 e. The molecule has 0 aromatic rings. The highest BCUT2D eigenvalue weighted by atomic mass is 16.5. The monoisotopic (exact) mass is 256 g/mol. The Labute approximate surface area is 111 Å². The molecule has 1 unspecified atom stereocenters. The minimum absolute atomic E-state index is 0.0485. The zero-order chi connectivity index (χ0) is 13.7. The standard InChI is InChI=1S/C14H28N2O2/c1-6-18-12-8-11(9-12)15-13(7-10(2)3)14(17)16(4)5/h10-13,15H,6-9H2,1-5H3. The molecule has 0 saturated heterocycles. The molecule has 106 valence electrons. The summed E-state index contributed by atoms with van der Waals surface area (Å²) in [6, 6.07) is 0.391. The van der Waals surface area contributed by atoms with Gasteiger partial charge in [-0.15, -0.1) is 0 Å². The van der Waals surface area contributed by atoms with Gasteiger partial charge in [0.25, 0.3) is 0 Å². The molecule has 0 radical (unpaired) electrons. The molecule has 0 aromatic carbocycles. The maximum Gasteiger partial charge on any atom is 0.239 e. The van der Waals surface area contributed by atoms with Crippen molar-refractivity contribution in [3.8, 4) is 0 Å². The lowest BCUT2D eigenvalue weighted by atomic mass is 9.87. The van der Waals surface area contributed by atoms with Crippen molar-refractivity contribution in [3.63, 3.8) is 0 Å². The highest BCUT2D eigenvalue weighted by Crippen LogP contribution is 2.24. The predicted octanol–water partition coefficient (Wildman–Crippen LogP) is 1.65. The Morgan fingerprint density at radius 3 is 2.44 bits per heavy atom. The fourth-order valence-electron chi connectivity index (χ4n) is 2.38. The van der Waals surface area contributed by atoms with Gasteiger partial charge in [-0.2, -0.15) is 0 Å². The molecule has 1 saturated carbocycles. The minimum atomic E-state index is -0.0485. The van der Waals surface area contributed by atoms with E-state index in [1.165, 1.54) is 0 Å². The lowest BCUT2D eigenvalue weighted by Gasteiger charge is -2.38. The molecule has 1 N–H and O–H groups in total. The maximum atomic E-state index is 12.1. The molecule has 1 atom stereocenters. The first-order valence-electron chi connectivity index (χ1n) is 7.02. The van der Waals surface area contributed by atoms with Crippen molar-refractivity contribution in [1.82, 2.24) is 10.2 Å². The Morgan fingerprint density at radius 2 is 2.00 bits per heavy atom. The van der Waals surface area contributed by atoms with Crippen LogP contribution in [-0.2, 0) is 9.53 Å². The van der Waals surface area contributed by atoms with Gasteiger partial charge < -0.3 is 15.0 Å². The van der Waals surface area contributed by atoms with E-state index >= 15 is 0 Å². The van der Waals surface area contributed by atoms with Crippen molar-refractivity contribution in [2.75, 3.05) is 20.7 Å². The summed E-state index contributed by atoms with van der Waals surface area (Å²) in [6.07, 6.45) is 3.35. The molecule has 1 fully saturated rings. The Kier molecular flexibility index (Phi) is 6.09. The third kappa shape index (κ3) is 4.58. The van der Waals surface area contributed by atoms with E-state index in [0.29, 0.717) is 18.1 Å². The van der Waals surface area contributed by atoms with Gasteiger partial charge in [0, 0.05) is 26.7 Å². The van der Waals surface area contributed by atoms with E-state index in [9.17, 15) is 4.79 Å². The van der Waals surface area contributed by atoms with E-state index in [2.05, 4.69) is 19.2 Å². The van der Waals surface area contributed by atoms with Crippen LogP contribution >= 0.6 is 0 Å². The summed E-state index contributed by atoms with van der Waals surface area (Å²) in [4.78, 5) is 13.8. The fourth-order valence-corrected chi connectivity index (χ4v) is 2.38. The van der Waals surface area contributed by atoms with Gasteiger partial charge >= 0.3 is 0 Å². The highest BCUT2D eigenvalue weighted by Gasteiger charge is 2.33. The zero-order valence-electron chi connectivity index (χ0n) is 12.4. The second kappa shape index (κ2) is 7.10. The van der Waals surface area contributed by atoms with Crippen LogP contribution in [-0.4, -0.2) is 49.7 Å². The van der Waals surface area contributed by atoms with Gasteiger partial charge in [-0.05, 0) is 32.1 Å². The molecule has 0 aliphatic heterocycles. The van der Waals surface area contributed by atoms with Crippen LogP contribution in [0.15, 0.2) is 0 Å². The van der Waals surface area contributed by atoms with Crippen LogP contribution in [0.1, 0.15) is 40.0 Å². The first-order chi connectivity index (χ1) is 8.43. The molecular weight excluding hydrogens is 228 g/mol. The molecule has 1 aliphatic carbocycles. The molecule has 4 nitrogen and oxygen atoms in total. The molecule has 0 bridgehead atoms. The Hall–Kier alpha value is -0.610. The van der Waals surface area contributed by atoms with Crippen LogP contribution < -0.4 is 5.32 Å². The number of nitrogens with one attached hydrogen (secondary N) is 1. The SMILES string of the molecule is CCOC1CC(NC(CC(C)C)C(=O)N(C)C)C1. The van der Waals surface area contributed by atoms with Crippen LogP contribution in [0.5, 0.6) is 0 Å². The van der Waals surface area contributed by atoms with Crippen molar-refractivity contribution in [3.05, 3.63) is 0 Å². The predicted molar refractivity (Wildman–Crippen MR) is 73.5 cm³/mol. The first kappa shape index (κ1) is 15.4. The van der Waals surface area contributed by atoms with Gasteiger partial charge in [0.1, 0.15) is 0 Å². The third-order valence-electron chi connectivity index (χ3n) is 3.38. The number of ether oxygens (including phenoxy) is 1. The number of likely N-dealkylation sites (N-methyl/N-ethyl adjacent to an activating group) is 1. The fraction of sp³-hybridized carbons (Fsp3) is 0.929. The molecule has 0 heterocycles. The maximum absolute atomic E-state index is 12.1. The summed E-state index contributed by atoms with van der Waals surface area (Å²) in [7, 11) is 3.64. The summed E-state index contributed by atoms with van der Waals surface area (Å²) >= 11 is 0. The van der Waals surface area contributed by atoms with Crippen LogP contribution in [0.2, 0.25) is 0 Å². The van der Waals surface area contributed by atoms with Crippen molar-refractivity contribution in [1.29, 1.82) is 0 Å². The van der Waals surface area contributed by atoms with E-state index in [4.69, 9.17) is 4.74 Å². The Morgan fingerprint density at radius 1 is 1.39 bits per heavy atom. The molecule has 0 spiro atoms. The van der Waals surface area contributed by atoms with Crippen molar-refractivity contribution >= 4 is 5.91 Å². The zero-order valence-corrected chi connectivity index (χ0v) is 12.4. The largest absolute Gasteiger partial charge is 0.378 e. The van der Waals surface area contributed by atoms with Crippen LogP contribution in [0.4, 0.5) is 0 Å². The second-order valence-electron chi connectivity index (χ2n) is 5.83. The van der Waals surface area contributed by atoms with E-state index in [0.717, 1.165) is 25.9 Å². The van der Waals surface area contributed by atoms with Gasteiger partial charge in [-0.3, -0.25) is 4.79 Å². The summed E-state index contributed by atoms with van der Waals surface area (Å²) < 4.78 is 5.54. The molecule has 0 aromatic heterocycles. The number of carbonyl (C=O) groups is 1. The van der Waals surface area contributed by atoms with E-state index in [1.54, 1.807) is 4.90 Å². The molecule has 1 aliphatic rings. The second-order valence-corrected chi connectivity index (χ2v) is 5.83. The highest BCUT2D eigenvalue weighted by molar-refractivity contribution is 5.81. The van der Waals surface area contributed by atoms with Crippen LogP contribution in [0.3, 0.4) is 0 Å². The number of carbonyl (C=O) groups excluding carboxylic acids is 1. The molecular formula is C14H28N2O2. The minimum Gasteiger partial charge on any atom is -0.378 e. The lowest BCUT2D eigenvalue weighted by molar-refractivity contribution is -0.132. The van der Waals surface area contributed by atoms with E-state index in [-0.39, 0.29) is 11.9 Å². The normalized spacial score (nSPS) is 24.8. The van der Waals surface area contributed by atoms with Crippen molar-refractivity contribution in [2.45, 2.75) is 58.2 Å². The number of rotatable bonds is 7. The Balaban J connectivity index is 2.40. The summed E-state index contributed by atoms with van der Waals surface area (Å²) in [5.74, 6) is 0.706. The average Bonchev–Trinajstić information content (AvgIpc) is 2.23. The molecule has 4 heteroatoms. The number of amides is 1. The van der Waals surface area contributed by atoms with E-state index < -0.39 is 0 Å². The average molecular weight is 256 g/mol. The van der Waals surface area contributed by atoms with Gasteiger partial charge in [0.05, 0.1) is 12.1 Å². The Bertz CT molecular complexity index is 261. The van der Waals surface area contributed by atoms with Crippen LogP contribution in [0.25, 0.3) is 0 Å². The van der Waals surface area contributed by atoms with Gasteiger partial charge in [-0.25, -0.2) is 0 Å². The summed E-state index contributed by atoms with van der Waals surface area (Å²) in [5.41, 5.74) is 0. The first-order valence-corrected chi connectivity index (χ1v) is 7.02. The van der Waals surface area contributed by atoms with Gasteiger partial charge in [0.2, 0.25) is 5.91 Å². The lowest BCUT2D eigenvalue weighted by Crippen LogP contribution is -2.54. The topological polar surface area (TPSA) is 41.6 Å². The van der Waals surface area contributed by atoms with Crippen molar-refractivity contribution < 1.29 is 9.53 Å². The number of hydrogen-bond acceptors (Lipinski definition) is 3. The quantitative estimate of drug-likeness (QED) is 0.753. The van der Waals surface area contributed by atoms with Gasteiger partial charge in [0.15, 0.2) is 0 Å². The van der Waals surface area contributed by atoms with E-state index in [1.807, 2.05) is 21.0 Å². The van der Waals surface area contributed by atoms with Crippen molar-refractivity contribution in [2.24, 2.45) is 5.92 Å². The molecule has 1 rings (SSSR count). The number of nitrogens with zero attached hydrogens (tertiary/aromatic N) is 1. The summed E-state index contributed by atoms with van der Waals surface area (Å²) in [5, 5.41) is 3.48. The number of hydrogen-bond donors (Lipinski definition) is 1. The summed E-state index contributed by atoms with van der Waals surface area (Å²) in [6.45, 7) is 7.12. The van der Waals surface area contributed by atoms with Crippen LogP contribution in [0, 0.1) is 5.92 Å². The molecule has 18 heavy (non-hydrogen) atoms.